The number of furan rings is 1. The Morgan fingerprint density at radius 3 is 2.57 bits per heavy atom. The fraction of sp³-hybridized carbons (Fsp3) is 0.312. The molecule has 0 radical (unpaired) electrons. The largest absolute Gasteiger partial charge is 0.475 e. The molecule has 0 unspecified atom stereocenters. The molecule has 0 aliphatic carbocycles. The van der Waals surface area contributed by atoms with Crippen LogP contribution in [0, 0.1) is 0 Å². The number of amides is 2. The Morgan fingerprint density at radius 1 is 1.13 bits per heavy atom. The maximum atomic E-state index is 11.8. The summed E-state index contributed by atoms with van der Waals surface area (Å²) in [6.45, 7) is 2.42. The summed E-state index contributed by atoms with van der Waals surface area (Å²) in [5.41, 5.74) is 0.995. The lowest BCUT2D eigenvalue weighted by Gasteiger charge is -2.05. The SMILES string of the molecule is CCNC(=O)CCCC(=O)Nc1ccc2oc(C(=O)O)cc2c1. The van der Waals surface area contributed by atoms with E-state index in [1.165, 1.54) is 6.07 Å². The summed E-state index contributed by atoms with van der Waals surface area (Å²) in [5, 5.41) is 14.9. The van der Waals surface area contributed by atoms with Gasteiger partial charge in [-0.25, -0.2) is 4.79 Å². The van der Waals surface area contributed by atoms with Crippen molar-refractivity contribution in [1.29, 1.82) is 0 Å². The van der Waals surface area contributed by atoms with Crippen LogP contribution in [-0.4, -0.2) is 29.4 Å². The number of nitrogens with one attached hydrogen (secondary N) is 2. The lowest BCUT2D eigenvalue weighted by molar-refractivity contribution is -0.121. The fourth-order valence-electron chi connectivity index (χ4n) is 2.15. The molecule has 0 spiro atoms. The molecule has 7 heteroatoms. The van der Waals surface area contributed by atoms with Gasteiger partial charge in [0.25, 0.3) is 0 Å². The van der Waals surface area contributed by atoms with Gasteiger partial charge in [0.1, 0.15) is 5.58 Å². The lowest BCUT2D eigenvalue weighted by Crippen LogP contribution is -2.22. The van der Waals surface area contributed by atoms with Gasteiger partial charge in [0.05, 0.1) is 0 Å². The third-order valence-electron chi connectivity index (χ3n) is 3.19. The number of aromatic carboxylic acids is 1. The van der Waals surface area contributed by atoms with Crippen molar-refractivity contribution in [3.8, 4) is 0 Å². The van der Waals surface area contributed by atoms with Gasteiger partial charge in [-0.3, -0.25) is 9.59 Å². The van der Waals surface area contributed by atoms with Crippen LogP contribution < -0.4 is 10.6 Å². The van der Waals surface area contributed by atoms with Gasteiger partial charge in [-0.1, -0.05) is 0 Å². The first-order chi connectivity index (χ1) is 11.0. The molecular formula is C16H18N2O5. The highest BCUT2D eigenvalue weighted by Crippen LogP contribution is 2.23. The van der Waals surface area contributed by atoms with Crippen LogP contribution in [0.2, 0.25) is 0 Å². The number of hydrogen-bond donors (Lipinski definition) is 3. The number of hydrogen-bond acceptors (Lipinski definition) is 4. The van der Waals surface area contributed by atoms with E-state index in [1.807, 2.05) is 6.92 Å². The number of fused-ring (bicyclic) bond motifs is 1. The fourth-order valence-corrected chi connectivity index (χ4v) is 2.15. The van der Waals surface area contributed by atoms with E-state index in [2.05, 4.69) is 10.6 Å². The maximum Gasteiger partial charge on any atom is 0.371 e. The molecule has 1 aromatic heterocycles. The van der Waals surface area contributed by atoms with Crippen molar-refractivity contribution in [3.05, 3.63) is 30.0 Å². The van der Waals surface area contributed by atoms with Gasteiger partial charge in [-0.05, 0) is 37.6 Å². The van der Waals surface area contributed by atoms with E-state index in [0.29, 0.717) is 36.0 Å². The highest BCUT2D eigenvalue weighted by molar-refractivity contribution is 5.96. The van der Waals surface area contributed by atoms with Gasteiger partial charge in [-0.15, -0.1) is 0 Å². The third-order valence-corrected chi connectivity index (χ3v) is 3.19. The van der Waals surface area contributed by atoms with Crippen molar-refractivity contribution in [1.82, 2.24) is 5.32 Å². The molecule has 23 heavy (non-hydrogen) atoms. The van der Waals surface area contributed by atoms with E-state index in [4.69, 9.17) is 9.52 Å². The Morgan fingerprint density at radius 2 is 1.87 bits per heavy atom. The third kappa shape index (κ3) is 4.57. The summed E-state index contributed by atoms with van der Waals surface area (Å²) in [5.74, 6) is -1.56. The Labute approximate surface area is 132 Å². The van der Waals surface area contributed by atoms with Gasteiger partial charge in [-0.2, -0.15) is 0 Å². The maximum absolute atomic E-state index is 11.8. The Bertz CT molecular complexity index is 735. The van der Waals surface area contributed by atoms with Gasteiger partial charge in [0.15, 0.2) is 0 Å². The van der Waals surface area contributed by atoms with Gasteiger partial charge in [0.2, 0.25) is 17.6 Å². The normalized spacial score (nSPS) is 10.5. The monoisotopic (exact) mass is 318 g/mol. The van der Waals surface area contributed by atoms with Crippen LogP contribution in [0.3, 0.4) is 0 Å². The molecule has 3 N–H and O–H groups in total. The number of carbonyl (C=O) groups is 3. The summed E-state index contributed by atoms with van der Waals surface area (Å²) < 4.78 is 5.15. The van der Waals surface area contributed by atoms with Crippen LogP contribution in [-0.2, 0) is 9.59 Å². The van der Waals surface area contributed by atoms with Crippen molar-refractivity contribution >= 4 is 34.4 Å². The van der Waals surface area contributed by atoms with E-state index in [1.54, 1.807) is 18.2 Å². The van der Waals surface area contributed by atoms with Crippen molar-refractivity contribution in [2.24, 2.45) is 0 Å². The summed E-state index contributed by atoms with van der Waals surface area (Å²) in [6, 6.07) is 6.29. The average molecular weight is 318 g/mol. The molecule has 0 saturated carbocycles. The van der Waals surface area contributed by atoms with Crippen LogP contribution in [0.15, 0.2) is 28.7 Å². The first-order valence-corrected chi connectivity index (χ1v) is 7.33. The van der Waals surface area contributed by atoms with Crippen molar-refractivity contribution < 1.29 is 23.9 Å². The van der Waals surface area contributed by atoms with E-state index in [9.17, 15) is 14.4 Å². The second-order valence-electron chi connectivity index (χ2n) is 5.02. The Kier molecular flexibility index (Phi) is 5.35. The highest BCUT2D eigenvalue weighted by Gasteiger charge is 2.11. The van der Waals surface area contributed by atoms with E-state index in [0.717, 1.165) is 0 Å². The molecule has 2 rings (SSSR count). The minimum Gasteiger partial charge on any atom is -0.475 e. The molecule has 1 aromatic carbocycles. The predicted octanol–water partition coefficient (Wildman–Crippen LogP) is 2.38. The van der Waals surface area contributed by atoms with Crippen LogP contribution in [0.1, 0.15) is 36.7 Å². The number of carbonyl (C=O) groups excluding carboxylic acids is 2. The van der Waals surface area contributed by atoms with Crippen LogP contribution in [0.5, 0.6) is 0 Å². The quantitative estimate of drug-likeness (QED) is 0.726. The Hall–Kier alpha value is -2.83. The standard InChI is InChI=1S/C16H18N2O5/c1-2-17-14(19)4-3-5-15(20)18-11-6-7-12-10(8-11)9-13(23-12)16(21)22/h6-9H,2-5H2,1H3,(H,17,19)(H,18,20)(H,21,22). The van der Waals surface area contributed by atoms with Gasteiger partial charge < -0.3 is 20.2 Å². The Balaban J connectivity index is 1.92. The van der Waals surface area contributed by atoms with Crippen LogP contribution in [0.4, 0.5) is 5.69 Å². The van der Waals surface area contributed by atoms with Crippen molar-refractivity contribution in [2.45, 2.75) is 26.2 Å². The summed E-state index contributed by atoms with van der Waals surface area (Å²) in [6.07, 6.45) is 1.01. The van der Waals surface area contributed by atoms with E-state index >= 15 is 0 Å². The minimum absolute atomic E-state index is 0.0682. The molecule has 1 heterocycles. The average Bonchev–Trinajstić information content (AvgIpc) is 2.91. The zero-order valence-corrected chi connectivity index (χ0v) is 12.7. The van der Waals surface area contributed by atoms with Gasteiger partial charge in [0, 0.05) is 30.5 Å². The molecule has 0 aliphatic heterocycles. The number of carboxylic acid groups (broad SMARTS) is 1. The molecule has 7 nitrogen and oxygen atoms in total. The molecule has 2 aromatic rings. The summed E-state index contributed by atoms with van der Waals surface area (Å²) >= 11 is 0. The van der Waals surface area contributed by atoms with Crippen molar-refractivity contribution in [2.75, 3.05) is 11.9 Å². The molecule has 122 valence electrons. The first-order valence-electron chi connectivity index (χ1n) is 7.33. The second-order valence-corrected chi connectivity index (χ2v) is 5.02. The number of benzene rings is 1. The van der Waals surface area contributed by atoms with Gasteiger partial charge >= 0.3 is 5.97 Å². The van der Waals surface area contributed by atoms with E-state index < -0.39 is 5.97 Å². The van der Waals surface area contributed by atoms with Crippen molar-refractivity contribution in [3.63, 3.8) is 0 Å². The smallest absolute Gasteiger partial charge is 0.371 e. The lowest BCUT2D eigenvalue weighted by atomic mass is 10.2. The molecule has 0 aliphatic rings. The van der Waals surface area contributed by atoms with Crippen LogP contribution >= 0.6 is 0 Å². The summed E-state index contributed by atoms with van der Waals surface area (Å²) in [7, 11) is 0. The zero-order chi connectivity index (χ0) is 16.8. The van der Waals surface area contributed by atoms with Crippen LogP contribution in [0.25, 0.3) is 11.0 Å². The summed E-state index contributed by atoms with van der Waals surface area (Å²) in [4.78, 5) is 34.0. The molecule has 0 bridgehead atoms. The molecular weight excluding hydrogens is 300 g/mol. The molecule has 0 atom stereocenters. The second kappa shape index (κ2) is 7.44. The molecule has 0 saturated heterocycles. The first kappa shape index (κ1) is 16.5. The number of rotatable bonds is 7. The topological polar surface area (TPSA) is 109 Å². The number of carboxylic acids is 1. The zero-order valence-electron chi connectivity index (χ0n) is 12.7. The number of anilines is 1. The molecule has 2 amide bonds. The van der Waals surface area contributed by atoms with E-state index in [-0.39, 0.29) is 24.0 Å². The predicted molar refractivity (Wildman–Crippen MR) is 84.3 cm³/mol. The molecule has 0 fully saturated rings. The highest BCUT2D eigenvalue weighted by atomic mass is 16.4. The minimum atomic E-state index is -1.14.